The fourth-order valence-corrected chi connectivity index (χ4v) is 4.53. The van der Waals surface area contributed by atoms with Gasteiger partial charge in [0.25, 0.3) is 5.56 Å². The van der Waals surface area contributed by atoms with Gasteiger partial charge < -0.3 is 19.1 Å². The highest BCUT2D eigenvalue weighted by Gasteiger charge is 2.21. The third-order valence-electron chi connectivity index (χ3n) is 5.26. The van der Waals surface area contributed by atoms with Crippen LogP contribution in [0.3, 0.4) is 0 Å². The van der Waals surface area contributed by atoms with Crippen LogP contribution in [-0.2, 0) is 11.3 Å². The summed E-state index contributed by atoms with van der Waals surface area (Å²) in [5.41, 5.74) is 1.49. The highest BCUT2D eigenvalue weighted by Crippen LogP contribution is 2.28. The summed E-state index contributed by atoms with van der Waals surface area (Å²) in [6.07, 6.45) is 0.517. The fourth-order valence-electron chi connectivity index (χ4n) is 3.61. The van der Waals surface area contributed by atoms with E-state index >= 15 is 0 Å². The number of carbonyl (C=O) groups excluding carboxylic acids is 1. The van der Waals surface area contributed by atoms with Crippen LogP contribution < -0.4 is 15.0 Å². The number of thioether (sulfide) groups is 1. The molecule has 1 fully saturated rings. The SMILES string of the molecule is COc1ccc(Cn2c(SCCCN3CCOC3=O)nc3ccccc3c2=O)cc1OC. The zero-order chi connectivity index (χ0) is 22.5. The van der Waals surface area contributed by atoms with Gasteiger partial charge in [0, 0.05) is 12.3 Å². The molecule has 1 aromatic heterocycles. The largest absolute Gasteiger partial charge is 0.493 e. The summed E-state index contributed by atoms with van der Waals surface area (Å²) in [6.45, 7) is 2.06. The number of aromatic nitrogens is 2. The van der Waals surface area contributed by atoms with Crippen LogP contribution in [0.4, 0.5) is 4.79 Å². The van der Waals surface area contributed by atoms with Crippen molar-refractivity contribution in [2.45, 2.75) is 18.1 Å². The predicted octanol–water partition coefficient (Wildman–Crippen LogP) is 3.40. The van der Waals surface area contributed by atoms with Gasteiger partial charge >= 0.3 is 6.09 Å². The average molecular weight is 456 g/mol. The normalized spacial score (nSPS) is 13.4. The molecule has 0 radical (unpaired) electrons. The van der Waals surface area contributed by atoms with Gasteiger partial charge in [0.15, 0.2) is 16.7 Å². The maximum atomic E-state index is 13.3. The van der Waals surface area contributed by atoms with Gasteiger partial charge in [-0.2, -0.15) is 0 Å². The third kappa shape index (κ3) is 4.67. The Balaban J connectivity index is 1.59. The van der Waals surface area contributed by atoms with E-state index in [1.807, 2.05) is 36.4 Å². The molecule has 32 heavy (non-hydrogen) atoms. The van der Waals surface area contributed by atoms with E-state index in [1.54, 1.807) is 29.8 Å². The van der Waals surface area contributed by atoms with Gasteiger partial charge in [-0.05, 0) is 36.2 Å². The molecule has 0 unspecified atom stereocenters. The Kier molecular flexibility index (Phi) is 6.84. The van der Waals surface area contributed by atoms with Crippen molar-refractivity contribution in [3.63, 3.8) is 0 Å². The summed E-state index contributed by atoms with van der Waals surface area (Å²) in [5.74, 6) is 1.97. The first kappa shape index (κ1) is 22.0. The molecule has 2 heterocycles. The second-order valence-electron chi connectivity index (χ2n) is 7.30. The molecule has 2 aromatic carbocycles. The molecule has 0 atom stereocenters. The zero-order valence-electron chi connectivity index (χ0n) is 18.1. The van der Waals surface area contributed by atoms with Crippen molar-refractivity contribution in [1.29, 1.82) is 0 Å². The predicted molar refractivity (Wildman–Crippen MR) is 123 cm³/mol. The fraction of sp³-hybridized carbons (Fsp3) is 0.348. The number of ether oxygens (including phenoxy) is 3. The van der Waals surface area contributed by atoms with Gasteiger partial charge in [-0.3, -0.25) is 9.36 Å². The Morgan fingerprint density at radius 3 is 2.66 bits per heavy atom. The lowest BCUT2D eigenvalue weighted by Crippen LogP contribution is -2.26. The van der Waals surface area contributed by atoms with Gasteiger partial charge in [0.05, 0.1) is 38.2 Å². The molecular weight excluding hydrogens is 430 g/mol. The summed E-state index contributed by atoms with van der Waals surface area (Å²) in [6, 6.07) is 13.0. The molecule has 0 spiro atoms. The molecule has 0 bridgehead atoms. The van der Waals surface area contributed by atoms with E-state index in [-0.39, 0.29) is 11.7 Å². The minimum atomic E-state index is -0.260. The zero-order valence-corrected chi connectivity index (χ0v) is 18.9. The second kappa shape index (κ2) is 9.95. The minimum Gasteiger partial charge on any atom is -0.493 e. The Morgan fingerprint density at radius 2 is 1.91 bits per heavy atom. The van der Waals surface area contributed by atoms with Crippen molar-refractivity contribution in [3.05, 3.63) is 58.4 Å². The molecule has 8 nitrogen and oxygen atoms in total. The van der Waals surface area contributed by atoms with Crippen LogP contribution >= 0.6 is 11.8 Å². The average Bonchev–Trinajstić information content (AvgIpc) is 3.23. The third-order valence-corrected chi connectivity index (χ3v) is 6.33. The lowest BCUT2D eigenvalue weighted by Gasteiger charge is -2.15. The number of para-hydroxylation sites is 1. The summed E-state index contributed by atoms with van der Waals surface area (Å²) in [5, 5.41) is 1.23. The number of benzene rings is 2. The molecule has 0 aliphatic carbocycles. The monoisotopic (exact) mass is 455 g/mol. The van der Waals surface area contributed by atoms with E-state index in [0.29, 0.717) is 53.8 Å². The number of amides is 1. The molecule has 0 N–H and O–H groups in total. The highest BCUT2D eigenvalue weighted by atomic mass is 32.2. The van der Waals surface area contributed by atoms with Crippen LogP contribution in [0.5, 0.6) is 11.5 Å². The van der Waals surface area contributed by atoms with Crippen molar-refractivity contribution in [2.75, 3.05) is 39.7 Å². The smallest absolute Gasteiger partial charge is 0.409 e. The van der Waals surface area contributed by atoms with E-state index in [1.165, 1.54) is 11.8 Å². The summed E-state index contributed by atoms with van der Waals surface area (Å²) in [4.78, 5) is 31.4. The van der Waals surface area contributed by atoms with Crippen LogP contribution in [0.25, 0.3) is 10.9 Å². The molecular formula is C23H25N3O5S. The number of hydrogen-bond acceptors (Lipinski definition) is 7. The molecule has 3 aromatic rings. The summed E-state index contributed by atoms with van der Waals surface area (Å²) >= 11 is 1.51. The van der Waals surface area contributed by atoms with E-state index in [2.05, 4.69) is 0 Å². The van der Waals surface area contributed by atoms with Crippen molar-refractivity contribution in [3.8, 4) is 11.5 Å². The molecule has 1 aliphatic heterocycles. The summed E-state index contributed by atoms with van der Waals surface area (Å²) in [7, 11) is 3.18. The lowest BCUT2D eigenvalue weighted by atomic mass is 10.2. The quantitative estimate of drug-likeness (QED) is 0.278. The van der Waals surface area contributed by atoms with Crippen LogP contribution in [-0.4, -0.2) is 60.2 Å². The van der Waals surface area contributed by atoms with Crippen molar-refractivity contribution in [1.82, 2.24) is 14.5 Å². The molecule has 4 rings (SSSR count). The number of hydrogen-bond donors (Lipinski definition) is 0. The standard InChI is InChI=1S/C23H25N3O5S/c1-29-19-9-8-16(14-20(19)30-2)15-26-21(27)17-6-3-4-7-18(17)24-22(26)32-13-5-10-25-11-12-31-23(25)28/h3-4,6-9,14H,5,10-13,15H2,1-2H3. The molecule has 1 aliphatic rings. The Bertz CT molecular complexity index is 1180. The Hall–Kier alpha value is -3.20. The van der Waals surface area contributed by atoms with Crippen LogP contribution in [0.15, 0.2) is 52.4 Å². The number of cyclic esters (lactones) is 1. The maximum Gasteiger partial charge on any atom is 0.409 e. The van der Waals surface area contributed by atoms with E-state index < -0.39 is 0 Å². The molecule has 1 saturated heterocycles. The number of nitrogens with zero attached hydrogens (tertiary/aromatic N) is 3. The molecule has 9 heteroatoms. The van der Waals surface area contributed by atoms with Crippen LogP contribution in [0.2, 0.25) is 0 Å². The number of fused-ring (bicyclic) bond motifs is 1. The van der Waals surface area contributed by atoms with Crippen molar-refractivity contribution < 1.29 is 19.0 Å². The van der Waals surface area contributed by atoms with Gasteiger partial charge in [0.1, 0.15) is 6.61 Å². The highest BCUT2D eigenvalue weighted by molar-refractivity contribution is 7.99. The summed E-state index contributed by atoms with van der Waals surface area (Å²) < 4.78 is 17.4. The number of methoxy groups -OCH3 is 2. The van der Waals surface area contributed by atoms with Gasteiger partial charge in [-0.25, -0.2) is 9.78 Å². The van der Waals surface area contributed by atoms with Crippen molar-refractivity contribution >= 4 is 28.8 Å². The van der Waals surface area contributed by atoms with Crippen molar-refractivity contribution in [2.24, 2.45) is 0 Å². The number of carbonyl (C=O) groups is 1. The Morgan fingerprint density at radius 1 is 1.09 bits per heavy atom. The first-order chi connectivity index (χ1) is 15.6. The van der Waals surface area contributed by atoms with E-state index in [0.717, 1.165) is 17.7 Å². The van der Waals surface area contributed by atoms with E-state index in [9.17, 15) is 9.59 Å². The maximum absolute atomic E-state index is 13.3. The number of rotatable bonds is 9. The molecule has 1 amide bonds. The van der Waals surface area contributed by atoms with Gasteiger partial charge in [-0.15, -0.1) is 0 Å². The van der Waals surface area contributed by atoms with Gasteiger partial charge in [-0.1, -0.05) is 30.0 Å². The Labute approximate surface area is 190 Å². The molecule has 168 valence electrons. The first-order valence-electron chi connectivity index (χ1n) is 10.4. The lowest BCUT2D eigenvalue weighted by molar-refractivity contribution is 0.158. The first-order valence-corrected chi connectivity index (χ1v) is 11.3. The minimum absolute atomic E-state index is 0.0870. The van der Waals surface area contributed by atoms with Crippen LogP contribution in [0, 0.1) is 0 Å². The topological polar surface area (TPSA) is 82.9 Å². The van der Waals surface area contributed by atoms with E-state index in [4.69, 9.17) is 19.2 Å². The van der Waals surface area contributed by atoms with Crippen LogP contribution in [0.1, 0.15) is 12.0 Å². The molecule has 0 saturated carbocycles. The van der Waals surface area contributed by atoms with Gasteiger partial charge in [0.2, 0.25) is 0 Å². The second-order valence-corrected chi connectivity index (χ2v) is 8.36.